The second-order valence-corrected chi connectivity index (χ2v) is 9.18. The van der Waals surface area contributed by atoms with Gasteiger partial charge in [0.2, 0.25) is 10.0 Å². The molecule has 2 rings (SSSR count). The normalized spacial score (nSPS) is 12.1. The molecule has 0 saturated carbocycles. The standard InChI is InChI=1S/C21H30N4O3S.HI/c1-21(2,3)28-19-8-6-5-7-17(19)15-25-20(23-4)24-14-13-16-9-11-18(12-10-16)29(22,26)27;/h5-12H,13-15H2,1-4H3,(H2,22,26,27)(H2,23,24,25);1H. The van der Waals surface area contributed by atoms with Gasteiger partial charge in [0.25, 0.3) is 0 Å². The first-order chi connectivity index (χ1) is 13.6. The summed E-state index contributed by atoms with van der Waals surface area (Å²) < 4.78 is 28.6. The van der Waals surface area contributed by atoms with Crippen molar-refractivity contribution in [3.05, 3.63) is 59.7 Å². The quantitative estimate of drug-likeness (QED) is 0.281. The van der Waals surface area contributed by atoms with E-state index in [9.17, 15) is 8.42 Å². The number of nitrogens with two attached hydrogens (primary N) is 1. The van der Waals surface area contributed by atoms with E-state index in [1.807, 2.05) is 45.0 Å². The molecule has 2 aromatic carbocycles. The number of aliphatic imine (C=N–C) groups is 1. The maximum absolute atomic E-state index is 11.3. The number of hydrogen-bond acceptors (Lipinski definition) is 4. The molecule has 0 unspecified atom stereocenters. The van der Waals surface area contributed by atoms with Crippen LogP contribution in [-0.2, 0) is 23.0 Å². The maximum Gasteiger partial charge on any atom is 0.238 e. The summed E-state index contributed by atoms with van der Waals surface area (Å²) in [6.07, 6.45) is 0.718. The third-order valence-electron chi connectivity index (χ3n) is 4.02. The molecule has 2 aromatic rings. The molecule has 0 aliphatic heterocycles. The number of nitrogens with one attached hydrogen (secondary N) is 2. The Labute approximate surface area is 196 Å². The molecule has 0 fully saturated rings. The van der Waals surface area contributed by atoms with E-state index >= 15 is 0 Å². The first-order valence-corrected chi connectivity index (χ1v) is 11.0. The lowest BCUT2D eigenvalue weighted by Gasteiger charge is -2.23. The van der Waals surface area contributed by atoms with E-state index in [1.165, 1.54) is 12.1 Å². The van der Waals surface area contributed by atoms with E-state index in [2.05, 4.69) is 15.6 Å². The van der Waals surface area contributed by atoms with Crippen LogP contribution in [0, 0.1) is 0 Å². The van der Waals surface area contributed by atoms with E-state index in [-0.39, 0.29) is 34.5 Å². The van der Waals surface area contributed by atoms with Crippen molar-refractivity contribution in [2.24, 2.45) is 10.1 Å². The summed E-state index contributed by atoms with van der Waals surface area (Å²) >= 11 is 0. The number of hydrogen-bond donors (Lipinski definition) is 3. The molecule has 9 heteroatoms. The van der Waals surface area contributed by atoms with Gasteiger partial charge in [0.1, 0.15) is 11.4 Å². The first kappa shape index (κ1) is 26.2. The second-order valence-electron chi connectivity index (χ2n) is 7.61. The third-order valence-corrected chi connectivity index (χ3v) is 4.95. The summed E-state index contributed by atoms with van der Waals surface area (Å²) in [5, 5.41) is 11.7. The lowest BCUT2D eigenvalue weighted by molar-refractivity contribution is 0.129. The summed E-state index contributed by atoms with van der Waals surface area (Å²) in [6, 6.07) is 14.5. The Balaban J connectivity index is 0.00000450. The number of halogens is 1. The highest BCUT2D eigenvalue weighted by atomic mass is 127. The molecule has 30 heavy (non-hydrogen) atoms. The van der Waals surface area contributed by atoms with E-state index < -0.39 is 10.0 Å². The van der Waals surface area contributed by atoms with Gasteiger partial charge in [-0.3, -0.25) is 4.99 Å². The highest BCUT2D eigenvalue weighted by Gasteiger charge is 2.14. The van der Waals surface area contributed by atoms with Gasteiger partial charge in [-0.15, -0.1) is 24.0 Å². The molecule has 0 radical (unpaired) electrons. The van der Waals surface area contributed by atoms with Gasteiger partial charge in [0, 0.05) is 25.7 Å². The van der Waals surface area contributed by atoms with Gasteiger partial charge in [0.05, 0.1) is 4.90 Å². The minimum Gasteiger partial charge on any atom is -0.488 e. The fraction of sp³-hybridized carbons (Fsp3) is 0.381. The van der Waals surface area contributed by atoms with Crippen molar-refractivity contribution in [2.75, 3.05) is 13.6 Å². The van der Waals surface area contributed by atoms with Gasteiger partial charge in [-0.2, -0.15) is 0 Å². The monoisotopic (exact) mass is 546 g/mol. The van der Waals surface area contributed by atoms with Gasteiger partial charge in [-0.25, -0.2) is 13.6 Å². The molecule has 4 N–H and O–H groups in total. The SMILES string of the molecule is CN=C(NCCc1ccc(S(N)(=O)=O)cc1)NCc1ccccc1OC(C)(C)C.I. The van der Waals surface area contributed by atoms with Crippen molar-refractivity contribution in [1.82, 2.24) is 10.6 Å². The van der Waals surface area contributed by atoms with Crippen molar-refractivity contribution >= 4 is 40.0 Å². The van der Waals surface area contributed by atoms with Crippen molar-refractivity contribution < 1.29 is 13.2 Å². The lowest BCUT2D eigenvalue weighted by atomic mass is 10.1. The third kappa shape index (κ3) is 8.88. The molecular weight excluding hydrogens is 515 g/mol. The van der Waals surface area contributed by atoms with E-state index in [1.54, 1.807) is 19.2 Å². The van der Waals surface area contributed by atoms with Crippen LogP contribution >= 0.6 is 24.0 Å². The van der Waals surface area contributed by atoms with Crippen LogP contribution in [0.3, 0.4) is 0 Å². The number of benzene rings is 2. The predicted molar refractivity (Wildman–Crippen MR) is 132 cm³/mol. The molecule has 166 valence electrons. The highest BCUT2D eigenvalue weighted by molar-refractivity contribution is 14.0. The Morgan fingerprint density at radius 2 is 1.70 bits per heavy atom. The largest absolute Gasteiger partial charge is 0.488 e. The number of para-hydroxylation sites is 1. The van der Waals surface area contributed by atoms with Crippen LogP contribution in [0.1, 0.15) is 31.9 Å². The summed E-state index contributed by atoms with van der Waals surface area (Å²) in [5.41, 5.74) is 1.78. The summed E-state index contributed by atoms with van der Waals surface area (Å²) in [5.74, 6) is 1.52. The van der Waals surface area contributed by atoms with Gasteiger partial charge >= 0.3 is 0 Å². The van der Waals surface area contributed by atoms with E-state index in [4.69, 9.17) is 9.88 Å². The average Bonchev–Trinajstić information content (AvgIpc) is 2.64. The Kier molecular flexibility index (Phi) is 10.1. The molecule has 7 nitrogen and oxygen atoms in total. The van der Waals surface area contributed by atoms with Gasteiger partial charge in [0.15, 0.2) is 5.96 Å². The van der Waals surface area contributed by atoms with Crippen LogP contribution in [-0.4, -0.2) is 33.6 Å². The number of ether oxygens (including phenoxy) is 1. The number of guanidine groups is 1. The molecule has 0 heterocycles. The summed E-state index contributed by atoms with van der Waals surface area (Å²) in [4.78, 5) is 4.36. The van der Waals surface area contributed by atoms with Gasteiger partial charge in [-0.1, -0.05) is 30.3 Å². The van der Waals surface area contributed by atoms with Gasteiger partial charge < -0.3 is 15.4 Å². The second kappa shape index (κ2) is 11.5. The van der Waals surface area contributed by atoms with Crippen molar-refractivity contribution in [2.45, 2.75) is 44.2 Å². The summed E-state index contributed by atoms with van der Waals surface area (Å²) in [6.45, 7) is 7.29. The minimum absolute atomic E-state index is 0. The zero-order chi connectivity index (χ0) is 21.5. The fourth-order valence-electron chi connectivity index (χ4n) is 2.65. The first-order valence-electron chi connectivity index (χ1n) is 9.42. The predicted octanol–water partition coefficient (Wildman–Crippen LogP) is 3.04. The molecular formula is C21H31IN4O3S. The summed E-state index contributed by atoms with van der Waals surface area (Å²) in [7, 11) is -1.95. The van der Waals surface area contributed by atoms with E-state index in [0.717, 1.165) is 23.3 Å². The van der Waals surface area contributed by atoms with Crippen LogP contribution in [0.25, 0.3) is 0 Å². The Morgan fingerprint density at radius 3 is 2.27 bits per heavy atom. The average molecular weight is 546 g/mol. The molecule has 0 bridgehead atoms. The minimum atomic E-state index is -3.66. The Morgan fingerprint density at radius 1 is 1.07 bits per heavy atom. The molecule has 0 spiro atoms. The topological polar surface area (TPSA) is 106 Å². The fourth-order valence-corrected chi connectivity index (χ4v) is 3.17. The van der Waals surface area contributed by atoms with Crippen LogP contribution in [0.5, 0.6) is 5.75 Å². The molecule has 0 aliphatic carbocycles. The zero-order valence-electron chi connectivity index (χ0n) is 17.8. The number of rotatable bonds is 7. The highest BCUT2D eigenvalue weighted by Crippen LogP contribution is 2.22. The number of nitrogens with zero attached hydrogens (tertiary/aromatic N) is 1. The van der Waals surface area contributed by atoms with Gasteiger partial charge in [-0.05, 0) is 51.0 Å². The maximum atomic E-state index is 11.3. The lowest BCUT2D eigenvalue weighted by Crippen LogP contribution is -2.38. The zero-order valence-corrected chi connectivity index (χ0v) is 21.0. The van der Waals surface area contributed by atoms with Crippen LogP contribution in [0.15, 0.2) is 58.4 Å². The van der Waals surface area contributed by atoms with Crippen LogP contribution in [0.2, 0.25) is 0 Å². The van der Waals surface area contributed by atoms with E-state index in [0.29, 0.717) is 19.0 Å². The number of primary sulfonamides is 1. The smallest absolute Gasteiger partial charge is 0.238 e. The number of sulfonamides is 1. The molecule has 0 atom stereocenters. The molecule has 0 aromatic heterocycles. The molecule has 0 saturated heterocycles. The van der Waals surface area contributed by atoms with Crippen LogP contribution in [0.4, 0.5) is 0 Å². The van der Waals surface area contributed by atoms with Crippen molar-refractivity contribution in [1.29, 1.82) is 0 Å². The van der Waals surface area contributed by atoms with Crippen molar-refractivity contribution in [3.8, 4) is 5.75 Å². The Bertz CT molecular complexity index is 939. The van der Waals surface area contributed by atoms with Crippen molar-refractivity contribution in [3.63, 3.8) is 0 Å². The van der Waals surface area contributed by atoms with Crippen LogP contribution < -0.4 is 20.5 Å². The Hall–Kier alpha value is -1.85. The molecule has 0 amide bonds. The molecule has 0 aliphatic rings.